The Kier molecular flexibility index (Phi) is 3.66. The van der Waals surface area contributed by atoms with Crippen molar-refractivity contribution in [3.05, 3.63) is 29.6 Å². The van der Waals surface area contributed by atoms with Crippen LogP contribution < -0.4 is 10.5 Å². The Morgan fingerprint density at radius 2 is 2.27 bits per heavy atom. The summed E-state index contributed by atoms with van der Waals surface area (Å²) in [6, 6.07) is 4.87. The first-order valence-corrected chi connectivity index (χ1v) is 4.69. The van der Waals surface area contributed by atoms with Gasteiger partial charge in [0.25, 0.3) is 0 Å². The zero-order valence-electron chi connectivity index (χ0n) is 8.79. The smallest absolute Gasteiger partial charge is 0.223 e. The molecular weight excluding hydrogens is 197 g/mol. The van der Waals surface area contributed by atoms with E-state index in [1.165, 1.54) is 6.07 Å². The summed E-state index contributed by atoms with van der Waals surface area (Å²) in [6.07, 6.45) is 0. The minimum Gasteiger partial charge on any atom is -0.490 e. The Morgan fingerprint density at radius 3 is 2.87 bits per heavy atom. The number of hydrogen-bond donors (Lipinski definition) is 1. The van der Waals surface area contributed by atoms with Crippen LogP contribution in [0.1, 0.15) is 12.5 Å². The molecule has 1 unspecified atom stereocenters. The third kappa shape index (κ3) is 2.94. The molecule has 0 radical (unpaired) electrons. The minimum absolute atomic E-state index is 0.0930. The van der Waals surface area contributed by atoms with Crippen molar-refractivity contribution < 1.29 is 13.9 Å². The van der Waals surface area contributed by atoms with Gasteiger partial charge in [0.2, 0.25) is 5.91 Å². The molecule has 0 bridgehead atoms. The zero-order chi connectivity index (χ0) is 11.4. The van der Waals surface area contributed by atoms with E-state index in [0.29, 0.717) is 5.56 Å². The van der Waals surface area contributed by atoms with Crippen LogP contribution in [0.4, 0.5) is 4.39 Å². The second-order valence-electron chi connectivity index (χ2n) is 3.50. The van der Waals surface area contributed by atoms with Crippen molar-refractivity contribution in [3.8, 4) is 5.75 Å². The fraction of sp³-hybridized carbons (Fsp3) is 0.364. The first-order valence-electron chi connectivity index (χ1n) is 4.69. The summed E-state index contributed by atoms with van der Waals surface area (Å²) >= 11 is 0. The molecule has 0 fully saturated rings. The van der Waals surface area contributed by atoms with E-state index < -0.39 is 17.6 Å². The van der Waals surface area contributed by atoms with Gasteiger partial charge in [-0.2, -0.15) is 0 Å². The summed E-state index contributed by atoms with van der Waals surface area (Å²) in [5.41, 5.74) is 5.57. The lowest BCUT2D eigenvalue weighted by molar-refractivity contribution is -0.122. The number of ether oxygens (including phenoxy) is 1. The Balaban J connectivity index is 2.66. The highest BCUT2D eigenvalue weighted by molar-refractivity contribution is 5.76. The number of benzene rings is 1. The number of halogens is 1. The van der Waals surface area contributed by atoms with Gasteiger partial charge in [-0.3, -0.25) is 4.79 Å². The fourth-order valence-electron chi connectivity index (χ4n) is 1.03. The summed E-state index contributed by atoms with van der Waals surface area (Å²) in [5, 5.41) is 0. The van der Waals surface area contributed by atoms with Crippen LogP contribution in [0.15, 0.2) is 18.2 Å². The fourth-order valence-corrected chi connectivity index (χ4v) is 1.03. The molecule has 3 nitrogen and oxygen atoms in total. The highest BCUT2D eigenvalue weighted by Crippen LogP contribution is 2.20. The normalized spacial score (nSPS) is 12.2. The molecule has 0 aliphatic carbocycles. The van der Waals surface area contributed by atoms with Gasteiger partial charge in [-0.05, 0) is 18.6 Å². The van der Waals surface area contributed by atoms with Crippen LogP contribution in [0, 0.1) is 18.7 Å². The van der Waals surface area contributed by atoms with Crippen molar-refractivity contribution >= 4 is 5.91 Å². The van der Waals surface area contributed by atoms with Crippen molar-refractivity contribution in [2.24, 2.45) is 11.7 Å². The maximum absolute atomic E-state index is 13.4. The van der Waals surface area contributed by atoms with Crippen molar-refractivity contribution in [2.75, 3.05) is 6.61 Å². The second-order valence-corrected chi connectivity index (χ2v) is 3.50. The van der Waals surface area contributed by atoms with Gasteiger partial charge >= 0.3 is 0 Å². The van der Waals surface area contributed by atoms with E-state index in [0.717, 1.165) is 0 Å². The maximum Gasteiger partial charge on any atom is 0.223 e. The molecule has 1 aromatic rings. The van der Waals surface area contributed by atoms with Gasteiger partial charge in [0.05, 0.1) is 12.5 Å². The quantitative estimate of drug-likeness (QED) is 0.823. The van der Waals surface area contributed by atoms with E-state index in [1.54, 1.807) is 26.0 Å². The topological polar surface area (TPSA) is 52.3 Å². The largest absolute Gasteiger partial charge is 0.490 e. The minimum atomic E-state index is -0.455. The lowest BCUT2D eigenvalue weighted by atomic mass is 10.2. The molecule has 0 aliphatic heterocycles. The van der Waals surface area contributed by atoms with E-state index in [2.05, 4.69) is 0 Å². The van der Waals surface area contributed by atoms with Gasteiger partial charge in [-0.1, -0.05) is 19.1 Å². The van der Waals surface area contributed by atoms with E-state index >= 15 is 0 Å². The highest BCUT2D eigenvalue weighted by atomic mass is 19.1. The summed E-state index contributed by atoms with van der Waals surface area (Å²) in [4.78, 5) is 10.7. The van der Waals surface area contributed by atoms with E-state index in [9.17, 15) is 9.18 Å². The zero-order valence-corrected chi connectivity index (χ0v) is 8.79. The third-order valence-corrected chi connectivity index (χ3v) is 2.13. The summed E-state index contributed by atoms with van der Waals surface area (Å²) < 4.78 is 18.6. The van der Waals surface area contributed by atoms with Crippen LogP contribution in [0.25, 0.3) is 0 Å². The predicted octanol–water partition coefficient (Wildman–Crippen LogP) is 1.63. The molecule has 1 aromatic carbocycles. The molecule has 1 amide bonds. The summed E-state index contributed by atoms with van der Waals surface area (Å²) in [6.45, 7) is 3.38. The SMILES string of the molecule is Cc1cccc(OCC(C)C(N)=O)c1F. The van der Waals surface area contributed by atoms with Crippen LogP contribution in [0.3, 0.4) is 0 Å². The van der Waals surface area contributed by atoms with Crippen molar-refractivity contribution in [2.45, 2.75) is 13.8 Å². The number of amides is 1. The van der Waals surface area contributed by atoms with Crippen molar-refractivity contribution in [1.29, 1.82) is 0 Å². The summed E-state index contributed by atoms with van der Waals surface area (Å²) in [7, 11) is 0. The molecular formula is C11H14FNO2. The number of carbonyl (C=O) groups excluding carboxylic acids is 1. The number of carbonyl (C=O) groups is 1. The van der Waals surface area contributed by atoms with Gasteiger partial charge in [0.15, 0.2) is 11.6 Å². The maximum atomic E-state index is 13.4. The Labute approximate surface area is 88.0 Å². The molecule has 0 saturated carbocycles. The third-order valence-electron chi connectivity index (χ3n) is 2.13. The molecule has 0 heterocycles. The van der Waals surface area contributed by atoms with Gasteiger partial charge in [-0.15, -0.1) is 0 Å². The van der Waals surface area contributed by atoms with Crippen LogP contribution in [-0.2, 0) is 4.79 Å². The molecule has 4 heteroatoms. The van der Waals surface area contributed by atoms with Crippen LogP contribution >= 0.6 is 0 Å². The van der Waals surface area contributed by atoms with E-state index in [-0.39, 0.29) is 12.4 Å². The molecule has 0 aromatic heterocycles. The first-order chi connectivity index (χ1) is 7.02. The Morgan fingerprint density at radius 1 is 1.60 bits per heavy atom. The standard InChI is InChI=1S/C11H14FNO2/c1-7-4-3-5-9(10(7)12)15-6-8(2)11(13)14/h3-5,8H,6H2,1-2H3,(H2,13,14). The molecule has 1 atom stereocenters. The van der Waals surface area contributed by atoms with E-state index in [4.69, 9.17) is 10.5 Å². The second kappa shape index (κ2) is 4.77. The van der Waals surface area contributed by atoms with Gasteiger partial charge in [0.1, 0.15) is 0 Å². The molecule has 15 heavy (non-hydrogen) atoms. The van der Waals surface area contributed by atoms with Crippen LogP contribution in [0.2, 0.25) is 0 Å². The Hall–Kier alpha value is -1.58. The monoisotopic (exact) mass is 211 g/mol. The van der Waals surface area contributed by atoms with Crippen LogP contribution in [0.5, 0.6) is 5.75 Å². The highest BCUT2D eigenvalue weighted by Gasteiger charge is 2.11. The van der Waals surface area contributed by atoms with Gasteiger partial charge < -0.3 is 10.5 Å². The molecule has 0 aliphatic rings. The number of hydrogen-bond acceptors (Lipinski definition) is 2. The lowest BCUT2D eigenvalue weighted by Gasteiger charge is -2.11. The molecule has 1 rings (SSSR count). The van der Waals surface area contributed by atoms with Gasteiger partial charge in [0, 0.05) is 0 Å². The summed E-state index contributed by atoms with van der Waals surface area (Å²) in [5.74, 6) is -1.12. The van der Waals surface area contributed by atoms with Gasteiger partial charge in [-0.25, -0.2) is 4.39 Å². The van der Waals surface area contributed by atoms with Crippen molar-refractivity contribution in [3.63, 3.8) is 0 Å². The first kappa shape index (κ1) is 11.5. The van der Waals surface area contributed by atoms with E-state index in [1.807, 2.05) is 0 Å². The molecule has 82 valence electrons. The number of nitrogens with two attached hydrogens (primary N) is 1. The Bertz CT molecular complexity index is 366. The number of rotatable bonds is 4. The number of primary amides is 1. The average Bonchev–Trinajstić information content (AvgIpc) is 2.19. The van der Waals surface area contributed by atoms with Crippen molar-refractivity contribution in [1.82, 2.24) is 0 Å². The lowest BCUT2D eigenvalue weighted by Crippen LogP contribution is -2.25. The number of aryl methyl sites for hydroxylation is 1. The van der Waals surface area contributed by atoms with Crippen LogP contribution in [-0.4, -0.2) is 12.5 Å². The predicted molar refractivity (Wildman–Crippen MR) is 55.0 cm³/mol. The molecule has 0 spiro atoms. The molecule has 2 N–H and O–H groups in total. The molecule has 0 saturated heterocycles. The average molecular weight is 211 g/mol.